The molecule has 1 aromatic carbocycles. The highest BCUT2D eigenvalue weighted by Crippen LogP contribution is 2.17. The molecule has 2 rings (SSSR count). The Morgan fingerprint density at radius 1 is 1.44 bits per heavy atom. The maximum absolute atomic E-state index is 5.85. The fourth-order valence-electron chi connectivity index (χ4n) is 1.51. The predicted molar refractivity (Wildman–Crippen MR) is 62.6 cm³/mol. The number of aryl methyl sites for hydroxylation is 1. The smallest absolute Gasteiger partial charge is 0.244 e. The van der Waals surface area contributed by atoms with Gasteiger partial charge in [-0.05, 0) is 19.4 Å². The third kappa shape index (κ3) is 2.61. The minimum Gasteiger partial charge on any atom is -0.338 e. The van der Waals surface area contributed by atoms with E-state index in [1.165, 1.54) is 11.1 Å². The lowest BCUT2D eigenvalue weighted by molar-refractivity contribution is 0.374. The average molecular weight is 237 g/mol. The van der Waals surface area contributed by atoms with Crippen LogP contribution in [-0.4, -0.2) is 10.1 Å². The molecule has 0 aliphatic rings. The number of nitrogens with zero attached hydrogens (tertiary/aromatic N) is 2. The van der Waals surface area contributed by atoms with Crippen molar-refractivity contribution in [3.8, 4) is 0 Å². The lowest BCUT2D eigenvalue weighted by atomic mass is 10.1. The molecule has 0 saturated carbocycles. The molecule has 0 fully saturated rings. The summed E-state index contributed by atoms with van der Waals surface area (Å²) >= 11 is 5.85. The van der Waals surface area contributed by atoms with Crippen LogP contribution >= 0.6 is 11.6 Å². The third-order valence-electron chi connectivity index (χ3n) is 2.27. The Balaban J connectivity index is 2.14. The highest BCUT2D eigenvalue weighted by atomic mass is 35.5. The Kier molecular flexibility index (Phi) is 3.25. The van der Waals surface area contributed by atoms with Crippen LogP contribution in [0.4, 0.5) is 0 Å². The first-order valence-corrected chi connectivity index (χ1v) is 5.61. The summed E-state index contributed by atoms with van der Waals surface area (Å²) in [6.07, 6.45) is 0.675. The normalized spacial score (nSPS) is 12.7. The molecule has 1 atom stereocenters. The number of alkyl halides is 1. The second kappa shape index (κ2) is 4.66. The van der Waals surface area contributed by atoms with Gasteiger partial charge in [-0.15, -0.1) is 11.6 Å². The molecule has 16 heavy (non-hydrogen) atoms. The van der Waals surface area contributed by atoms with Gasteiger partial charge in [0.15, 0.2) is 5.82 Å². The van der Waals surface area contributed by atoms with Gasteiger partial charge in [0.25, 0.3) is 0 Å². The van der Waals surface area contributed by atoms with Crippen molar-refractivity contribution in [2.45, 2.75) is 25.6 Å². The summed E-state index contributed by atoms with van der Waals surface area (Å²) in [5, 5.41) is 3.65. The van der Waals surface area contributed by atoms with E-state index >= 15 is 0 Å². The maximum Gasteiger partial charge on any atom is 0.244 e. The van der Waals surface area contributed by atoms with Crippen LogP contribution in [0.25, 0.3) is 0 Å². The fraction of sp³-hybridized carbons (Fsp3) is 0.333. The lowest BCUT2D eigenvalue weighted by Gasteiger charge is -1.97. The van der Waals surface area contributed by atoms with Crippen LogP contribution in [0, 0.1) is 6.92 Å². The number of hydrogen-bond acceptors (Lipinski definition) is 3. The number of rotatable bonds is 3. The van der Waals surface area contributed by atoms with E-state index in [1.54, 1.807) is 0 Å². The van der Waals surface area contributed by atoms with Crippen LogP contribution in [0.3, 0.4) is 0 Å². The van der Waals surface area contributed by atoms with Crippen LogP contribution < -0.4 is 0 Å². The summed E-state index contributed by atoms with van der Waals surface area (Å²) in [4.78, 5) is 4.22. The zero-order valence-corrected chi connectivity index (χ0v) is 10.0. The Labute approximate surface area is 99.4 Å². The van der Waals surface area contributed by atoms with E-state index in [9.17, 15) is 0 Å². The molecule has 0 N–H and O–H groups in total. The summed E-state index contributed by atoms with van der Waals surface area (Å²) in [6, 6.07) is 8.25. The predicted octanol–water partition coefficient (Wildman–Crippen LogP) is 3.27. The standard InChI is InChI=1S/C12H13ClN2O/c1-8-4-3-5-10(6-8)7-11-14-12(9(2)13)16-15-11/h3-6,9H,7H2,1-2H3. The molecule has 3 nitrogen and oxygen atoms in total. The summed E-state index contributed by atoms with van der Waals surface area (Å²) < 4.78 is 5.04. The monoisotopic (exact) mass is 236 g/mol. The summed E-state index contributed by atoms with van der Waals surface area (Å²) in [7, 11) is 0. The quantitative estimate of drug-likeness (QED) is 0.768. The van der Waals surface area contributed by atoms with Crippen LogP contribution in [0.5, 0.6) is 0 Å². The van der Waals surface area contributed by atoms with E-state index in [-0.39, 0.29) is 5.38 Å². The molecule has 0 aliphatic carbocycles. The van der Waals surface area contributed by atoms with Crippen molar-refractivity contribution in [3.63, 3.8) is 0 Å². The molecule has 1 heterocycles. The number of halogens is 1. The van der Waals surface area contributed by atoms with Crippen LogP contribution in [0.2, 0.25) is 0 Å². The van der Waals surface area contributed by atoms with E-state index in [1.807, 2.05) is 19.1 Å². The molecular formula is C12H13ClN2O. The second-order valence-corrected chi connectivity index (χ2v) is 4.49. The molecule has 2 aromatic rings. The van der Waals surface area contributed by atoms with E-state index in [0.29, 0.717) is 18.1 Å². The van der Waals surface area contributed by atoms with Crippen LogP contribution in [-0.2, 0) is 6.42 Å². The van der Waals surface area contributed by atoms with Gasteiger partial charge in [-0.1, -0.05) is 35.0 Å². The molecular weight excluding hydrogens is 224 g/mol. The first-order valence-electron chi connectivity index (χ1n) is 5.17. The van der Waals surface area contributed by atoms with Crippen molar-refractivity contribution in [1.29, 1.82) is 0 Å². The van der Waals surface area contributed by atoms with Crippen molar-refractivity contribution in [2.75, 3.05) is 0 Å². The van der Waals surface area contributed by atoms with E-state index in [2.05, 4.69) is 29.2 Å². The Morgan fingerprint density at radius 2 is 2.25 bits per heavy atom. The SMILES string of the molecule is Cc1cccc(Cc2noc(C(C)Cl)n2)c1. The second-order valence-electron chi connectivity index (χ2n) is 3.83. The van der Waals surface area contributed by atoms with Gasteiger partial charge < -0.3 is 4.52 Å². The minimum absolute atomic E-state index is 0.237. The molecule has 0 amide bonds. The number of benzene rings is 1. The summed E-state index contributed by atoms with van der Waals surface area (Å²) in [5.41, 5.74) is 2.40. The van der Waals surface area contributed by atoms with Gasteiger partial charge in [0.1, 0.15) is 5.38 Å². The number of aromatic nitrogens is 2. The molecule has 0 saturated heterocycles. The van der Waals surface area contributed by atoms with Gasteiger partial charge in [-0.2, -0.15) is 4.98 Å². The maximum atomic E-state index is 5.85. The first-order chi connectivity index (χ1) is 7.65. The molecule has 1 unspecified atom stereocenters. The molecule has 0 radical (unpaired) electrons. The van der Waals surface area contributed by atoms with Crippen molar-refractivity contribution >= 4 is 11.6 Å². The Morgan fingerprint density at radius 3 is 2.88 bits per heavy atom. The summed E-state index contributed by atoms with van der Waals surface area (Å²) in [6.45, 7) is 3.87. The molecule has 0 bridgehead atoms. The zero-order valence-electron chi connectivity index (χ0n) is 9.27. The number of hydrogen-bond donors (Lipinski definition) is 0. The third-order valence-corrected chi connectivity index (χ3v) is 2.46. The minimum atomic E-state index is -0.237. The van der Waals surface area contributed by atoms with Gasteiger partial charge in [0.2, 0.25) is 5.89 Å². The van der Waals surface area contributed by atoms with Gasteiger partial charge >= 0.3 is 0 Å². The molecule has 1 aromatic heterocycles. The van der Waals surface area contributed by atoms with E-state index in [4.69, 9.17) is 16.1 Å². The van der Waals surface area contributed by atoms with Gasteiger partial charge in [-0.3, -0.25) is 0 Å². The molecule has 84 valence electrons. The Hall–Kier alpha value is -1.35. The van der Waals surface area contributed by atoms with Gasteiger partial charge in [0.05, 0.1) is 0 Å². The highest BCUT2D eigenvalue weighted by Gasteiger charge is 2.11. The topological polar surface area (TPSA) is 38.9 Å². The lowest BCUT2D eigenvalue weighted by Crippen LogP contribution is -1.92. The van der Waals surface area contributed by atoms with Crippen molar-refractivity contribution in [3.05, 3.63) is 47.1 Å². The Bertz CT molecular complexity index is 479. The van der Waals surface area contributed by atoms with Gasteiger partial charge in [0, 0.05) is 6.42 Å². The molecule has 0 aliphatic heterocycles. The van der Waals surface area contributed by atoms with Crippen molar-refractivity contribution in [2.24, 2.45) is 0 Å². The zero-order chi connectivity index (χ0) is 11.5. The van der Waals surface area contributed by atoms with Crippen molar-refractivity contribution < 1.29 is 4.52 Å². The van der Waals surface area contributed by atoms with Crippen LogP contribution in [0.1, 0.15) is 35.1 Å². The first kappa shape index (κ1) is 11.1. The van der Waals surface area contributed by atoms with Gasteiger partial charge in [-0.25, -0.2) is 0 Å². The highest BCUT2D eigenvalue weighted by molar-refractivity contribution is 6.20. The van der Waals surface area contributed by atoms with Crippen molar-refractivity contribution in [1.82, 2.24) is 10.1 Å². The largest absolute Gasteiger partial charge is 0.338 e. The fourth-order valence-corrected chi connectivity index (χ4v) is 1.59. The van der Waals surface area contributed by atoms with E-state index in [0.717, 1.165) is 0 Å². The van der Waals surface area contributed by atoms with Crippen LogP contribution in [0.15, 0.2) is 28.8 Å². The average Bonchev–Trinajstić information content (AvgIpc) is 2.66. The summed E-state index contributed by atoms with van der Waals surface area (Å²) in [5.74, 6) is 1.15. The molecule has 4 heteroatoms. The molecule has 0 spiro atoms. The van der Waals surface area contributed by atoms with E-state index < -0.39 is 0 Å².